The SMILES string of the molecule is COc1ccc([C@H]2CC(=O)N(c3cccc(C(=O)NO)c3)C2)cc1OC1CCCC1. The van der Waals surface area contributed by atoms with Gasteiger partial charge in [-0.2, -0.15) is 0 Å². The van der Waals surface area contributed by atoms with Gasteiger partial charge in [-0.05, 0) is 61.6 Å². The number of methoxy groups -OCH3 is 1. The van der Waals surface area contributed by atoms with Crippen molar-refractivity contribution in [2.75, 3.05) is 18.6 Å². The highest BCUT2D eigenvalue weighted by Gasteiger charge is 2.32. The fraction of sp³-hybridized carbons (Fsp3) is 0.391. The number of carbonyl (C=O) groups is 2. The van der Waals surface area contributed by atoms with Crippen molar-refractivity contribution in [3.05, 3.63) is 53.6 Å². The van der Waals surface area contributed by atoms with Crippen LogP contribution in [0.1, 0.15) is 53.9 Å². The van der Waals surface area contributed by atoms with Gasteiger partial charge < -0.3 is 14.4 Å². The molecule has 7 heteroatoms. The highest BCUT2D eigenvalue weighted by molar-refractivity contribution is 5.99. The van der Waals surface area contributed by atoms with Crippen molar-refractivity contribution in [3.8, 4) is 11.5 Å². The van der Waals surface area contributed by atoms with Gasteiger partial charge in [-0.25, -0.2) is 5.48 Å². The first-order valence-corrected chi connectivity index (χ1v) is 10.3. The van der Waals surface area contributed by atoms with E-state index in [9.17, 15) is 9.59 Å². The van der Waals surface area contributed by atoms with E-state index < -0.39 is 5.91 Å². The van der Waals surface area contributed by atoms with Crippen molar-refractivity contribution in [2.45, 2.75) is 44.1 Å². The number of hydrogen-bond acceptors (Lipinski definition) is 5. The van der Waals surface area contributed by atoms with Crippen molar-refractivity contribution >= 4 is 17.5 Å². The van der Waals surface area contributed by atoms with Crippen LogP contribution in [0.2, 0.25) is 0 Å². The van der Waals surface area contributed by atoms with Gasteiger partial charge in [-0.15, -0.1) is 0 Å². The molecule has 7 nitrogen and oxygen atoms in total. The van der Waals surface area contributed by atoms with Gasteiger partial charge in [0.05, 0.1) is 13.2 Å². The molecule has 0 bridgehead atoms. The largest absolute Gasteiger partial charge is 0.493 e. The molecule has 2 aromatic carbocycles. The molecular formula is C23H26N2O5. The van der Waals surface area contributed by atoms with E-state index >= 15 is 0 Å². The second-order valence-corrected chi connectivity index (χ2v) is 7.83. The number of hydroxylamine groups is 1. The van der Waals surface area contributed by atoms with Crippen molar-refractivity contribution < 1.29 is 24.3 Å². The van der Waals surface area contributed by atoms with Gasteiger partial charge in [0, 0.05) is 30.1 Å². The Morgan fingerprint density at radius 2 is 1.93 bits per heavy atom. The highest BCUT2D eigenvalue weighted by Crippen LogP contribution is 2.38. The Kier molecular flexibility index (Phi) is 5.90. The summed E-state index contributed by atoms with van der Waals surface area (Å²) in [5, 5.41) is 8.86. The molecule has 2 N–H and O–H groups in total. The number of anilines is 1. The summed E-state index contributed by atoms with van der Waals surface area (Å²) in [6.07, 6.45) is 5.09. The van der Waals surface area contributed by atoms with Gasteiger partial charge in [-0.1, -0.05) is 12.1 Å². The van der Waals surface area contributed by atoms with Gasteiger partial charge in [0.1, 0.15) is 0 Å². The van der Waals surface area contributed by atoms with E-state index in [2.05, 4.69) is 0 Å². The van der Waals surface area contributed by atoms with E-state index in [4.69, 9.17) is 14.7 Å². The number of carbonyl (C=O) groups excluding carboxylic acids is 2. The van der Waals surface area contributed by atoms with Gasteiger partial charge in [0.2, 0.25) is 5.91 Å². The molecule has 2 amide bonds. The summed E-state index contributed by atoms with van der Waals surface area (Å²) in [5.74, 6) is 0.841. The summed E-state index contributed by atoms with van der Waals surface area (Å²) in [5.41, 5.74) is 3.59. The minimum Gasteiger partial charge on any atom is -0.493 e. The fourth-order valence-corrected chi connectivity index (χ4v) is 4.29. The van der Waals surface area contributed by atoms with E-state index in [0.29, 0.717) is 30.0 Å². The molecule has 30 heavy (non-hydrogen) atoms. The number of rotatable bonds is 6. The third-order valence-electron chi connectivity index (χ3n) is 5.90. The summed E-state index contributed by atoms with van der Waals surface area (Å²) in [7, 11) is 1.63. The molecule has 1 aliphatic heterocycles. The second kappa shape index (κ2) is 8.75. The maximum Gasteiger partial charge on any atom is 0.274 e. The molecule has 158 valence electrons. The number of hydrogen-bond donors (Lipinski definition) is 2. The molecule has 0 aromatic heterocycles. The van der Waals surface area contributed by atoms with E-state index in [-0.39, 0.29) is 17.9 Å². The molecule has 1 saturated heterocycles. The van der Waals surface area contributed by atoms with Crippen molar-refractivity contribution in [1.29, 1.82) is 0 Å². The van der Waals surface area contributed by atoms with Gasteiger partial charge >= 0.3 is 0 Å². The molecule has 2 aliphatic rings. The molecule has 2 aromatic rings. The average molecular weight is 410 g/mol. The third-order valence-corrected chi connectivity index (χ3v) is 5.90. The highest BCUT2D eigenvalue weighted by atomic mass is 16.5. The van der Waals surface area contributed by atoms with Crippen LogP contribution in [0.4, 0.5) is 5.69 Å². The molecule has 0 spiro atoms. The lowest BCUT2D eigenvalue weighted by molar-refractivity contribution is -0.117. The Balaban J connectivity index is 1.54. The van der Waals surface area contributed by atoms with Crippen LogP contribution >= 0.6 is 0 Å². The van der Waals surface area contributed by atoms with Gasteiger partial charge in [0.25, 0.3) is 5.91 Å². The number of nitrogens with zero attached hydrogens (tertiary/aromatic N) is 1. The molecule has 1 atom stereocenters. The van der Waals surface area contributed by atoms with Crippen molar-refractivity contribution in [3.63, 3.8) is 0 Å². The maximum atomic E-state index is 12.7. The van der Waals surface area contributed by atoms with Crippen LogP contribution < -0.4 is 19.9 Å². The smallest absolute Gasteiger partial charge is 0.274 e. The third kappa shape index (κ3) is 4.11. The van der Waals surface area contributed by atoms with Crippen LogP contribution in [0.3, 0.4) is 0 Å². The predicted octanol–water partition coefficient (Wildman–Crippen LogP) is 3.66. The van der Waals surface area contributed by atoms with E-state index in [1.54, 1.807) is 41.8 Å². The van der Waals surface area contributed by atoms with Crippen molar-refractivity contribution in [2.24, 2.45) is 0 Å². The molecule has 0 radical (unpaired) electrons. The average Bonchev–Trinajstić information content (AvgIpc) is 3.43. The summed E-state index contributed by atoms with van der Waals surface area (Å²) in [4.78, 5) is 26.1. The summed E-state index contributed by atoms with van der Waals surface area (Å²) in [6, 6.07) is 12.6. The molecule has 1 saturated carbocycles. The fourth-order valence-electron chi connectivity index (χ4n) is 4.29. The maximum absolute atomic E-state index is 12.7. The summed E-state index contributed by atoms with van der Waals surface area (Å²) in [6.45, 7) is 0.512. The van der Waals surface area contributed by atoms with E-state index in [1.807, 2.05) is 18.2 Å². The van der Waals surface area contributed by atoms with Crippen LogP contribution in [-0.4, -0.2) is 36.8 Å². The quantitative estimate of drug-likeness (QED) is 0.561. The number of nitrogens with one attached hydrogen (secondary N) is 1. The van der Waals surface area contributed by atoms with Crippen molar-refractivity contribution in [1.82, 2.24) is 5.48 Å². The lowest BCUT2D eigenvalue weighted by Crippen LogP contribution is -2.25. The Labute approximate surface area is 175 Å². The number of amides is 2. The molecule has 0 unspecified atom stereocenters. The monoisotopic (exact) mass is 410 g/mol. The van der Waals surface area contributed by atoms with Crippen LogP contribution in [0.25, 0.3) is 0 Å². The number of ether oxygens (including phenoxy) is 2. The zero-order chi connectivity index (χ0) is 21.1. The Bertz CT molecular complexity index is 939. The topological polar surface area (TPSA) is 88.1 Å². The standard InChI is InChI=1S/C23H26N2O5/c1-29-20-10-9-15(12-21(20)30-19-7-2-3-8-19)17-13-22(26)25(14-17)18-6-4-5-16(11-18)23(27)24-28/h4-6,9-12,17,19,28H,2-3,7-8,13-14H2,1H3,(H,24,27)/t17-/m0/s1. The zero-order valence-corrected chi connectivity index (χ0v) is 17.0. The van der Waals surface area contributed by atoms with Crippen LogP contribution in [0, 0.1) is 0 Å². The van der Waals surface area contributed by atoms with Gasteiger partial charge in [-0.3, -0.25) is 14.8 Å². The predicted molar refractivity (Wildman–Crippen MR) is 111 cm³/mol. The molecule has 2 fully saturated rings. The molecule has 4 rings (SSSR count). The lowest BCUT2D eigenvalue weighted by Gasteiger charge is -2.19. The summed E-state index contributed by atoms with van der Waals surface area (Å²) >= 11 is 0. The Morgan fingerprint density at radius 3 is 2.67 bits per heavy atom. The Hall–Kier alpha value is -3.06. The summed E-state index contributed by atoms with van der Waals surface area (Å²) < 4.78 is 11.7. The second-order valence-electron chi connectivity index (χ2n) is 7.83. The van der Waals surface area contributed by atoms with Crippen LogP contribution in [-0.2, 0) is 4.79 Å². The Morgan fingerprint density at radius 1 is 1.13 bits per heavy atom. The normalized spacial score (nSPS) is 19.2. The minimum absolute atomic E-state index is 0.00404. The lowest BCUT2D eigenvalue weighted by atomic mass is 9.98. The first-order valence-electron chi connectivity index (χ1n) is 10.3. The van der Waals surface area contributed by atoms with Crippen LogP contribution in [0.15, 0.2) is 42.5 Å². The zero-order valence-electron chi connectivity index (χ0n) is 17.0. The number of benzene rings is 2. The van der Waals surface area contributed by atoms with E-state index in [1.165, 1.54) is 12.8 Å². The van der Waals surface area contributed by atoms with Gasteiger partial charge in [0.15, 0.2) is 11.5 Å². The molecule has 1 aliphatic carbocycles. The molecular weight excluding hydrogens is 384 g/mol. The minimum atomic E-state index is -0.607. The van der Waals surface area contributed by atoms with Crippen LogP contribution in [0.5, 0.6) is 11.5 Å². The first-order chi connectivity index (χ1) is 14.6. The first kappa shape index (κ1) is 20.2. The molecule has 1 heterocycles. The van der Waals surface area contributed by atoms with E-state index in [0.717, 1.165) is 24.2 Å².